The lowest BCUT2D eigenvalue weighted by atomic mass is 10.3. The maximum Gasteiger partial charge on any atom is 0.335 e. The summed E-state index contributed by atoms with van der Waals surface area (Å²) in [6, 6.07) is 3.35. The zero-order chi connectivity index (χ0) is 12.6. The first-order valence-corrected chi connectivity index (χ1v) is 4.98. The molecule has 0 aliphatic carbocycles. The van der Waals surface area contributed by atoms with Crippen LogP contribution in [0.5, 0.6) is 5.88 Å². The molecule has 88 valence electrons. The van der Waals surface area contributed by atoms with Gasteiger partial charge in [-0.1, -0.05) is 0 Å². The molecule has 0 aliphatic rings. The third kappa shape index (κ3) is 1.84. The average Bonchev–Trinajstić information content (AvgIpc) is 2.29. The molecule has 0 atom stereocenters. The van der Waals surface area contributed by atoms with Gasteiger partial charge in [-0.3, -0.25) is 14.8 Å². The lowest BCUT2D eigenvalue weighted by Gasteiger charge is -2.08. The van der Waals surface area contributed by atoms with Gasteiger partial charge in [-0.2, -0.15) is 0 Å². The minimum absolute atomic E-state index is 0.0881. The Morgan fingerprint density at radius 1 is 1.29 bits per heavy atom. The minimum Gasteiger partial charge on any atom is -0.494 e. The molecule has 2 aromatic rings. The van der Waals surface area contributed by atoms with E-state index >= 15 is 0 Å². The van der Waals surface area contributed by atoms with Crippen LogP contribution in [-0.4, -0.2) is 19.6 Å². The van der Waals surface area contributed by atoms with Crippen molar-refractivity contribution in [3.8, 4) is 11.6 Å². The molecule has 0 aliphatic heterocycles. The smallest absolute Gasteiger partial charge is 0.335 e. The summed E-state index contributed by atoms with van der Waals surface area (Å²) in [5.41, 5.74) is -0.00219. The number of aryl methyl sites for hydroxylation is 1. The zero-order valence-corrected chi connectivity index (χ0v) is 9.39. The Labute approximate surface area is 96.2 Å². The molecule has 0 unspecified atom stereocenters. The molecule has 2 N–H and O–H groups in total. The molecule has 0 radical (unpaired) electrons. The lowest BCUT2D eigenvalue weighted by Crippen LogP contribution is -2.30. The van der Waals surface area contributed by atoms with Gasteiger partial charge >= 0.3 is 5.69 Å². The molecule has 0 amide bonds. The highest BCUT2D eigenvalue weighted by Crippen LogP contribution is 2.14. The molecule has 2 aromatic heterocycles. The van der Waals surface area contributed by atoms with Crippen LogP contribution < -0.4 is 11.2 Å². The van der Waals surface area contributed by atoms with Gasteiger partial charge in [-0.25, -0.2) is 9.36 Å². The van der Waals surface area contributed by atoms with E-state index in [-0.39, 0.29) is 11.4 Å². The number of aromatic hydroxyl groups is 1. The molecule has 0 saturated carbocycles. The first-order valence-electron chi connectivity index (χ1n) is 4.98. The van der Waals surface area contributed by atoms with Gasteiger partial charge in [0.1, 0.15) is 0 Å². The van der Waals surface area contributed by atoms with Crippen LogP contribution in [-0.2, 0) is 0 Å². The number of hydrogen-bond acceptors (Lipinski definition) is 4. The van der Waals surface area contributed by atoms with Crippen LogP contribution in [0.25, 0.3) is 5.69 Å². The van der Waals surface area contributed by atoms with E-state index < -0.39 is 11.2 Å². The van der Waals surface area contributed by atoms with Crippen LogP contribution in [0.4, 0.5) is 0 Å². The van der Waals surface area contributed by atoms with E-state index in [0.717, 1.165) is 10.3 Å². The van der Waals surface area contributed by atoms with E-state index in [2.05, 4.69) is 9.97 Å². The highest BCUT2D eigenvalue weighted by Gasteiger charge is 2.11. The number of H-pyrrole nitrogens is 1. The van der Waals surface area contributed by atoms with Crippen LogP contribution in [0.15, 0.2) is 27.9 Å². The van der Waals surface area contributed by atoms with Crippen molar-refractivity contribution < 1.29 is 5.11 Å². The summed E-state index contributed by atoms with van der Waals surface area (Å²) in [4.78, 5) is 29.0. The highest BCUT2D eigenvalue weighted by atomic mass is 16.3. The first-order chi connectivity index (χ1) is 8.00. The van der Waals surface area contributed by atoms with Gasteiger partial charge in [0.05, 0.1) is 17.4 Å². The molecule has 17 heavy (non-hydrogen) atoms. The highest BCUT2D eigenvalue weighted by molar-refractivity contribution is 5.36. The fraction of sp³-hybridized carbons (Fsp3) is 0.182. The second kappa shape index (κ2) is 3.89. The fourth-order valence-electron chi connectivity index (χ4n) is 1.44. The quantitative estimate of drug-likeness (QED) is 0.738. The van der Waals surface area contributed by atoms with Crippen molar-refractivity contribution in [1.29, 1.82) is 0 Å². The van der Waals surface area contributed by atoms with E-state index in [0.29, 0.717) is 5.69 Å². The molecule has 0 aromatic carbocycles. The number of nitrogens with zero attached hydrogens (tertiary/aromatic N) is 2. The Hall–Kier alpha value is -2.37. The molecule has 6 nitrogen and oxygen atoms in total. The second-order valence-corrected chi connectivity index (χ2v) is 3.70. The maximum atomic E-state index is 11.6. The number of pyridine rings is 1. The van der Waals surface area contributed by atoms with Crippen molar-refractivity contribution in [2.45, 2.75) is 13.8 Å². The van der Waals surface area contributed by atoms with Gasteiger partial charge in [-0.05, 0) is 26.0 Å². The van der Waals surface area contributed by atoms with E-state index in [1.54, 1.807) is 12.1 Å². The molecular weight excluding hydrogens is 222 g/mol. The standard InChI is InChI=1S/C11H11N3O3/c1-6-3-4-8(5-12-6)14-10(16)7(2)9(15)13-11(14)17/h3-5,16H,1-2H3,(H,13,15,17). The van der Waals surface area contributed by atoms with Gasteiger partial charge in [0.2, 0.25) is 5.88 Å². The van der Waals surface area contributed by atoms with Crippen molar-refractivity contribution >= 4 is 0 Å². The normalized spacial score (nSPS) is 10.5. The number of aromatic amines is 1. The first kappa shape index (κ1) is 11.1. The summed E-state index contributed by atoms with van der Waals surface area (Å²) >= 11 is 0. The topological polar surface area (TPSA) is 88.0 Å². The molecular formula is C11H11N3O3. The average molecular weight is 233 g/mol. The fourth-order valence-corrected chi connectivity index (χ4v) is 1.44. The summed E-state index contributed by atoms with van der Waals surface area (Å²) in [5, 5.41) is 9.80. The van der Waals surface area contributed by atoms with Crippen LogP contribution in [0.2, 0.25) is 0 Å². The molecule has 0 spiro atoms. The van der Waals surface area contributed by atoms with Crippen LogP contribution >= 0.6 is 0 Å². The Kier molecular flexibility index (Phi) is 2.55. The number of aromatic nitrogens is 3. The zero-order valence-electron chi connectivity index (χ0n) is 9.39. The summed E-state index contributed by atoms with van der Waals surface area (Å²) in [7, 11) is 0. The predicted molar refractivity (Wildman–Crippen MR) is 61.6 cm³/mol. The number of rotatable bonds is 1. The minimum atomic E-state index is -0.691. The van der Waals surface area contributed by atoms with Gasteiger partial charge < -0.3 is 5.11 Å². The van der Waals surface area contributed by atoms with Gasteiger partial charge in [0, 0.05) is 5.69 Å². The Morgan fingerprint density at radius 2 is 2.00 bits per heavy atom. The third-order valence-electron chi connectivity index (χ3n) is 2.47. The Morgan fingerprint density at radius 3 is 2.59 bits per heavy atom. The molecule has 6 heteroatoms. The molecule has 0 fully saturated rings. The maximum absolute atomic E-state index is 11.6. The van der Waals surface area contributed by atoms with E-state index in [9.17, 15) is 14.7 Å². The Balaban J connectivity index is 2.76. The summed E-state index contributed by atoms with van der Waals surface area (Å²) in [6.45, 7) is 3.25. The summed E-state index contributed by atoms with van der Waals surface area (Å²) in [6.07, 6.45) is 1.45. The van der Waals surface area contributed by atoms with Crippen LogP contribution in [0, 0.1) is 13.8 Å². The second-order valence-electron chi connectivity index (χ2n) is 3.70. The predicted octanol–water partition coefficient (Wildman–Crippen LogP) is 0.243. The number of nitrogens with one attached hydrogen (secondary N) is 1. The van der Waals surface area contributed by atoms with Gasteiger partial charge in [0.15, 0.2) is 0 Å². The SMILES string of the molecule is Cc1ccc(-n2c(O)c(C)c(=O)[nH]c2=O)cn1. The molecule has 2 heterocycles. The monoisotopic (exact) mass is 233 g/mol. The lowest BCUT2D eigenvalue weighted by molar-refractivity contribution is 0.426. The molecule has 0 bridgehead atoms. The number of hydrogen-bond donors (Lipinski definition) is 2. The largest absolute Gasteiger partial charge is 0.494 e. The van der Waals surface area contributed by atoms with Crippen LogP contribution in [0.1, 0.15) is 11.3 Å². The van der Waals surface area contributed by atoms with Crippen molar-refractivity contribution in [2.24, 2.45) is 0 Å². The van der Waals surface area contributed by atoms with E-state index in [1.807, 2.05) is 6.92 Å². The van der Waals surface area contributed by atoms with Gasteiger partial charge in [0.25, 0.3) is 5.56 Å². The van der Waals surface area contributed by atoms with Crippen molar-refractivity contribution in [1.82, 2.24) is 14.5 Å². The Bertz CT molecular complexity index is 668. The molecule has 0 saturated heterocycles. The summed E-state index contributed by atoms with van der Waals surface area (Å²) in [5.74, 6) is -0.371. The van der Waals surface area contributed by atoms with Gasteiger partial charge in [-0.15, -0.1) is 0 Å². The van der Waals surface area contributed by atoms with E-state index in [4.69, 9.17) is 0 Å². The van der Waals surface area contributed by atoms with Crippen molar-refractivity contribution in [2.75, 3.05) is 0 Å². The van der Waals surface area contributed by atoms with E-state index in [1.165, 1.54) is 13.1 Å². The molecule has 2 rings (SSSR count). The summed E-state index contributed by atoms with van der Waals surface area (Å²) < 4.78 is 1.00. The van der Waals surface area contributed by atoms with Crippen molar-refractivity contribution in [3.05, 3.63) is 50.4 Å². The van der Waals surface area contributed by atoms with Crippen molar-refractivity contribution in [3.63, 3.8) is 0 Å². The van der Waals surface area contributed by atoms with Crippen LogP contribution in [0.3, 0.4) is 0 Å². The third-order valence-corrected chi connectivity index (χ3v) is 2.47.